The maximum absolute atomic E-state index is 6.30. The Balaban J connectivity index is 0.964. The first-order chi connectivity index (χ1) is 38.4. The van der Waals surface area contributed by atoms with E-state index in [-0.39, 0.29) is 11.0 Å². The van der Waals surface area contributed by atoms with E-state index in [1.165, 1.54) is 32.7 Å². The summed E-state index contributed by atoms with van der Waals surface area (Å²) in [7, 11) is -3.13. The highest BCUT2D eigenvalue weighted by Crippen LogP contribution is 2.61. The van der Waals surface area contributed by atoms with Crippen molar-refractivity contribution < 1.29 is 4.42 Å². The van der Waals surface area contributed by atoms with Gasteiger partial charge in [0.25, 0.3) is 0 Å². The summed E-state index contributed by atoms with van der Waals surface area (Å²) in [5, 5.41) is 9.57. The molecule has 0 N–H and O–H groups in total. The van der Waals surface area contributed by atoms with Gasteiger partial charge in [0.1, 0.15) is 11.2 Å². The van der Waals surface area contributed by atoms with Gasteiger partial charge >= 0.3 is 0 Å². The van der Waals surface area contributed by atoms with Crippen molar-refractivity contribution in [2.24, 2.45) is 0 Å². The molecule has 5 heterocycles. The first kappa shape index (κ1) is 46.1. The lowest BCUT2D eigenvalue weighted by Crippen LogP contribution is -2.74. The summed E-state index contributed by atoms with van der Waals surface area (Å²) in [6.45, 7) is 4.93. The summed E-state index contributed by atoms with van der Waals surface area (Å²) < 4.78 is 8.52. The van der Waals surface area contributed by atoms with E-state index in [1.54, 1.807) is 0 Å². The predicted octanol–water partition coefficient (Wildman–Crippen LogP) is 14.4. The smallest absolute Gasteiger partial charge is 0.238 e. The van der Waals surface area contributed by atoms with Gasteiger partial charge in [-0.3, -0.25) is 9.55 Å². The van der Waals surface area contributed by atoms with E-state index in [9.17, 15) is 0 Å². The van der Waals surface area contributed by atoms with Gasteiger partial charge in [0.2, 0.25) is 5.95 Å². The number of aromatic nitrogens is 5. The average molecular weight is 1020 g/mol. The van der Waals surface area contributed by atoms with Crippen LogP contribution in [0, 0.1) is 0 Å². The zero-order chi connectivity index (χ0) is 52.0. The highest BCUT2D eigenvalue weighted by atomic mass is 28.3. The highest BCUT2D eigenvalue weighted by Gasteiger charge is 2.58. The van der Waals surface area contributed by atoms with Crippen LogP contribution in [0.25, 0.3) is 83.6 Å². The van der Waals surface area contributed by atoms with E-state index in [1.807, 2.05) is 18.3 Å². The standard InChI is InChI=1S/C70H54N6OSi/c1-69-40-17-18-41-70(69,2)76(63-46-71-42-39-59(63)69)62-35-15-11-32-57(62)67-72-66(73-68(74-67)75-60-33-13-9-29-54(60)55-30-10-14-34-61(55)75)49-22-20-28-53(44-49)78(50-23-5-3-6-24-50,51-25-7-4-8-26-51)52-27-19-21-47(43-52)48-37-38-65-58(45-48)56-31-12-16-36-64(56)77-65/h3-16,19-39,42-46H,17-18,40-41H2,1-2H3. The monoisotopic (exact) mass is 1020 g/mol. The topological polar surface area (TPSA) is 72.9 Å². The van der Waals surface area contributed by atoms with Crippen molar-refractivity contribution in [1.29, 1.82) is 0 Å². The third kappa shape index (κ3) is 6.88. The van der Waals surface area contributed by atoms with Gasteiger partial charge in [-0.15, -0.1) is 0 Å². The van der Waals surface area contributed by atoms with Crippen molar-refractivity contribution in [2.75, 3.05) is 4.90 Å². The van der Waals surface area contributed by atoms with Gasteiger partial charge in [0.15, 0.2) is 19.7 Å². The van der Waals surface area contributed by atoms with Crippen molar-refractivity contribution in [3.05, 3.63) is 248 Å². The number of rotatable bonds is 9. The largest absolute Gasteiger partial charge is 0.456 e. The number of para-hydroxylation sites is 4. The summed E-state index contributed by atoms with van der Waals surface area (Å²) in [6, 6.07) is 83.7. The van der Waals surface area contributed by atoms with Crippen LogP contribution in [0.3, 0.4) is 0 Å². The third-order valence-electron chi connectivity index (χ3n) is 17.7. The Kier molecular flexibility index (Phi) is 10.6. The highest BCUT2D eigenvalue weighted by molar-refractivity contribution is 7.20. The fourth-order valence-corrected chi connectivity index (χ4v) is 18.6. The maximum atomic E-state index is 6.30. The molecular formula is C70H54N6OSi. The molecule has 4 aromatic heterocycles. The summed E-state index contributed by atoms with van der Waals surface area (Å²) in [4.78, 5) is 24.2. The molecule has 1 aliphatic heterocycles. The van der Waals surface area contributed by atoms with Crippen LogP contribution < -0.4 is 25.6 Å². The quantitative estimate of drug-likeness (QED) is 0.106. The lowest BCUT2D eigenvalue weighted by molar-refractivity contribution is 0.195. The van der Waals surface area contributed by atoms with E-state index in [2.05, 4.69) is 248 Å². The number of furan rings is 1. The first-order valence-corrected chi connectivity index (χ1v) is 29.2. The minimum atomic E-state index is -3.13. The summed E-state index contributed by atoms with van der Waals surface area (Å²) in [5.41, 5.74) is 11.3. The number of anilines is 2. The molecule has 2 atom stereocenters. The second-order valence-corrected chi connectivity index (χ2v) is 25.5. The second-order valence-electron chi connectivity index (χ2n) is 21.7. The Morgan fingerprint density at radius 3 is 1.77 bits per heavy atom. The molecule has 1 fully saturated rings. The van der Waals surface area contributed by atoms with Crippen molar-refractivity contribution in [3.63, 3.8) is 0 Å². The number of benzene rings is 9. The van der Waals surface area contributed by atoms with Crippen molar-refractivity contribution in [3.8, 4) is 39.9 Å². The van der Waals surface area contributed by atoms with Gasteiger partial charge in [-0.05, 0) is 106 Å². The molecular weight excluding hydrogens is 969 g/mol. The van der Waals surface area contributed by atoms with Gasteiger partial charge in [-0.2, -0.15) is 9.97 Å². The fraction of sp³-hybridized carbons (Fsp3) is 0.114. The second kappa shape index (κ2) is 17.9. The van der Waals surface area contributed by atoms with E-state index >= 15 is 0 Å². The van der Waals surface area contributed by atoms with Crippen molar-refractivity contribution >= 4 is 83.9 Å². The Labute approximate surface area is 454 Å². The molecule has 0 radical (unpaired) electrons. The van der Waals surface area contributed by atoms with Gasteiger partial charge < -0.3 is 9.32 Å². The van der Waals surface area contributed by atoms with E-state index in [0.717, 1.165) is 96.6 Å². The maximum Gasteiger partial charge on any atom is 0.238 e. The number of fused-ring (bicyclic) bond motifs is 9. The van der Waals surface area contributed by atoms with Gasteiger partial charge in [0.05, 0.1) is 34.1 Å². The molecule has 8 heteroatoms. The normalized spacial score (nSPS) is 17.2. The average Bonchev–Trinajstić information content (AvgIpc) is 3.50. The Morgan fingerprint density at radius 1 is 0.449 bits per heavy atom. The van der Waals surface area contributed by atoms with Gasteiger partial charge in [0, 0.05) is 44.3 Å². The zero-order valence-electron chi connectivity index (χ0n) is 43.5. The van der Waals surface area contributed by atoms with Gasteiger partial charge in [-0.1, -0.05) is 202 Å². The van der Waals surface area contributed by atoms with Gasteiger partial charge in [-0.25, -0.2) is 4.98 Å². The third-order valence-corrected chi connectivity index (χ3v) is 22.4. The van der Waals surface area contributed by atoms with Crippen molar-refractivity contribution in [2.45, 2.75) is 50.5 Å². The number of hydrogen-bond donors (Lipinski definition) is 0. The minimum Gasteiger partial charge on any atom is -0.456 e. The molecule has 15 rings (SSSR count). The summed E-state index contributed by atoms with van der Waals surface area (Å²) >= 11 is 0. The van der Waals surface area contributed by atoms with Crippen LogP contribution in [0.15, 0.2) is 247 Å². The molecule has 78 heavy (non-hydrogen) atoms. The first-order valence-electron chi connectivity index (χ1n) is 27.2. The lowest BCUT2D eigenvalue weighted by Gasteiger charge is -2.50. The molecule has 13 aromatic rings. The lowest BCUT2D eigenvalue weighted by atomic mass is 9.61. The van der Waals surface area contributed by atoms with E-state index in [4.69, 9.17) is 24.4 Å². The van der Waals surface area contributed by atoms with E-state index in [0.29, 0.717) is 17.6 Å². The molecule has 0 saturated heterocycles. The summed E-state index contributed by atoms with van der Waals surface area (Å²) in [6.07, 6.45) is 8.57. The molecule has 0 bridgehead atoms. The fourth-order valence-electron chi connectivity index (χ4n) is 13.8. The molecule has 0 spiro atoms. The minimum absolute atomic E-state index is 0.0643. The van der Waals surface area contributed by atoms with Crippen LogP contribution in [0.5, 0.6) is 0 Å². The Hall–Kier alpha value is -9.24. The van der Waals surface area contributed by atoms with Crippen LogP contribution in [-0.4, -0.2) is 38.1 Å². The molecule has 1 aliphatic carbocycles. The summed E-state index contributed by atoms with van der Waals surface area (Å²) in [5.74, 6) is 1.78. The molecule has 2 aliphatic rings. The Morgan fingerprint density at radius 2 is 1.03 bits per heavy atom. The van der Waals surface area contributed by atoms with Crippen molar-refractivity contribution in [1.82, 2.24) is 24.5 Å². The van der Waals surface area contributed by atoms with Crippen LogP contribution in [-0.2, 0) is 5.41 Å². The van der Waals surface area contributed by atoms with Crippen LogP contribution in [0.1, 0.15) is 45.1 Å². The molecule has 2 unspecified atom stereocenters. The molecule has 1 saturated carbocycles. The molecule has 9 aromatic carbocycles. The van der Waals surface area contributed by atoms with Crippen LogP contribution in [0.4, 0.5) is 11.4 Å². The SMILES string of the molecule is CC12CCCCC1(C)N(c1ccccc1-c1nc(-c3cccc([Si](c4ccccc4)(c4ccccc4)c4cccc(-c5ccc6oc7ccccc7c6c5)c4)c3)nc(-n3c4ccccc4c4ccccc43)n1)c1cnccc12. The van der Waals surface area contributed by atoms with E-state index < -0.39 is 8.07 Å². The number of nitrogens with zero attached hydrogens (tertiary/aromatic N) is 6. The molecule has 0 amide bonds. The predicted molar refractivity (Wildman–Crippen MR) is 322 cm³/mol. The van der Waals surface area contributed by atoms with Crippen LogP contribution in [0.2, 0.25) is 0 Å². The Bertz CT molecular complexity index is 4380. The number of pyridine rings is 1. The molecule has 374 valence electrons. The zero-order valence-corrected chi connectivity index (χ0v) is 44.5. The molecule has 7 nitrogen and oxygen atoms in total. The number of hydrogen-bond acceptors (Lipinski definition) is 6. The van der Waals surface area contributed by atoms with Crippen LogP contribution >= 0.6 is 0 Å².